The number of nitrogens with one attached hydrogen (secondary N) is 1. The van der Waals surface area contributed by atoms with E-state index in [0.29, 0.717) is 25.1 Å². The quantitative estimate of drug-likeness (QED) is 0.854. The van der Waals surface area contributed by atoms with E-state index in [1.807, 2.05) is 13.8 Å². The predicted molar refractivity (Wildman–Crippen MR) is 63.4 cm³/mol. The van der Waals surface area contributed by atoms with E-state index in [9.17, 15) is 9.59 Å². The predicted octanol–water partition coefficient (Wildman–Crippen LogP) is 0.690. The van der Waals surface area contributed by atoms with Crippen LogP contribution in [0.5, 0.6) is 0 Å². The van der Waals surface area contributed by atoms with Crippen LogP contribution in [0.4, 0.5) is 0 Å². The summed E-state index contributed by atoms with van der Waals surface area (Å²) in [7, 11) is 0. The van der Waals surface area contributed by atoms with Crippen molar-refractivity contribution < 1.29 is 14.1 Å². The highest BCUT2D eigenvalue weighted by Crippen LogP contribution is 2.17. The van der Waals surface area contributed by atoms with Gasteiger partial charge in [-0.25, -0.2) is 0 Å². The molecule has 0 spiro atoms. The van der Waals surface area contributed by atoms with Gasteiger partial charge in [-0.05, 0) is 12.8 Å². The van der Waals surface area contributed by atoms with E-state index < -0.39 is 12.1 Å². The first kappa shape index (κ1) is 12.6. The van der Waals surface area contributed by atoms with Crippen LogP contribution >= 0.6 is 0 Å². The lowest BCUT2D eigenvalue weighted by molar-refractivity contribution is -0.150. The van der Waals surface area contributed by atoms with Crippen LogP contribution < -0.4 is 5.32 Å². The Bertz CT molecular complexity index is 430. The van der Waals surface area contributed by atoms with E-state index in [1.165, 1.54) is 6.20 Å². The first-order valence-corrected chi connectivity index (χ1v) is 6.17. The number of carbonyl (C=O) groups is 2. The van der Waals surface area contributed by atoms with Gasteiger partial charge in [0.1, 0.15) is 12.1 Å². The zero-order chi connectivity index (χ0) is 13.1. The fourth-order valence-electron chi connectivity index (χ4n) is 2.19. The lowest BCUT2D eigenvalue weighted by Gasteiger charge is -2.37. The topological polar surface area (TPSA) is 75.4 Å². The number of amides is 2. The van der Waals surface area contributed by atoms with E-state index in [2.05, 4.69) is 10.5 Å². The molecular weight excluding hydrogens is 234 g/mol. The maximum atomic E-state index is 12.2. The van der Waals surface area contributed by atoms with E-state index in [1.54, 1.807) is 11.0 Å². The molecule has 0 bridgehead atoms. The summed E-state index contributed by atoms with van der Waals surface area (Å²) in [4.78, 5) is 25.8. The highest BCUT2D eigenvalue weighted by Gasteiger charge is 2.38. The molecule has 1 aromatic rings. The Morgan fingerprint density at radius 3 is 2.72 bits per heavy atom. The van der Waals surface area contributed by atoms with E-state index in [4.69, 9.17) is 4.52 Å². The molecule has 2 unspecified atom stereocenters. The third kappa shape index (κ3) is 2.23. The molecule has 98 valence electrons. The molecule has 0 aromatic carbocycles. The lowest BCUT2D eigenvalue weighted by atomic mass is 10.0. The number of piperazine rings is 1. The van der Waals surface area contributed by atoms with Crippen molar-refractivity contribution in [2.24, 2.45) is 0 Å². The monoisotopic (exact) mass is 251 g/mol. The van der Waals surface area contributed by atoms with Crippen LogP contribution in [0.25, 0.3) is 0 Å². The van der Waals surface area contributed by atoms with Gasteiger partial charge in [0.2, 0.25) is 11.8 Å². The van der Waals surface area contributed by atoms with Gasteiger partial charge in [0.25, 0.3) is 0 Å². The molecule has 6 nitrogen and oxygen atoms in total. The molecule has 0 saturated carbocycles. The summed E-state index contributed by atoms with van der Waals surface area (Å²) in [5, 5.41) is 6.36. The molecule has 1 N–H and O–H groups in total. The van der Waals surface area contributed by atoms with Crippen LogP contribution in [0.2, 0.25) is 0 Å². The van der Waals surface area contributed by atoms with Gasteiger partial charge in [0.05, 0.1) is 12.7 Å². The third-order valence-corrected chi connectivity index (χ3v) is 3.19. The third-order valence-electron chi connectivity index (χ3n) is 3.19. The Morgan fingerprint density at radius 2 is 2.17 bits per heavy atom. The number of carbonyl (C=O) groups excluding carboxylic acids is 2. The van der Waals surface area contributed by atoms with Crippen molar-refractivity contribution in [1.82, 2.24) is 15.4 Å². The zero-order valence-electron chi connectivity index (χ0n) is 10.5. The van der Waals surface area contributed by atoms with Gasteiger partial charge < -0.3 is 14.7 Å². The highest BCUT2D eigenvalue weighted by atomic mass is 16.5. The summed E-state index contributed by atoms with van der Waals surface area (Å²) in [5.41, 5.74) is 0. The van der Waals surface area contributed by atoms with Crippen molar-refractivity contribution >= 4 is 11.8 Å². The Balaban J connectivity index is 2.20. The van der Waals surface area contributed by atoms with Gasteiger partial charge >= 0.3 is 0 Å². The molecule has 0 aliphatic carbocycles. The number of rotatable bonds is 4. The van der Waals surface area contributed by atoms with E-state index >= 15 is 0 Å². The van der Waals surface area contributed by atoms with Gasteiger partial charge in [-0.15, -0.1) is 0 Å². The molecule has 18 heavy (non-hydrogen) atoms. The van der Waals surface area contributed by atoms with Crippen LogP contribution in [-0.2, 0) is 16.1 Å². The van der Waals surface area contributed by atoms with Crippen LogP contribution in [0, 0.1) is 0 Å². The van der Waals surface area contributed by atoms with Crippen LogP contribution in [0.3, 0.4) is 0 Å². The summed E-state index contributed by atoms with van der Waals surface area (Å²) < 4.78 is 5.01. The Hall–Kier alpha value is -1.85. The molecule has 1 aromatic heterocycles. The second kappa shape index (κ2) is 5.20. The zero-order valence-corrected chi connectivity index (χ0v) is 10.5. The van der Waals surface area contributed by atoms with Crippen LogP contribution in [0.15, 0.2) is 16.8 Å². The average Bonchev–Trinajstić information content (AvgIpc) is 2.86. The molecule has 2 amide bonds. The van der Waals surface area contributed by atoms with Crippen molar-refractivity contribution in [3.05, 3.63) is 18.0 Å². The molecular formula is C12H17N3O3. The Kier molecular flexibility index (Phi) is 3.64. The SMILES string of the molecule is CCC1NC(=O)C(CC)N(Cc2ccno2)C1=O. The Labute approximate surface area is 105 Å². The molecule has 2 rings (SSSR count). The maximum absolute atomic E-state index is 12.2. The fourth-order valence-corrected chi connectivity index (χ4v) is 2.19. The summed E-state index contributed by atoms with van der Waals surface area (Å²) in [6.07, 6.45) is 2.71. The van der Waals surface area contributed by atoms with Crippen LogP contribution in [0.1, 0.15) is 32.4 Å². The minimum absolute atomic E-state index is 0.0552. The standard InChI is InChI=1S/C12H17N3O3/c1-3-9-12(17)15(7-8-5-6-13-18-8)10(4-2)11(16)14-9/h5-6,9-10H,3-4,7H2,1-2H3,(H,14,16). The highest BCUT2D eigenvalue weighted by molar-refractivity contribution is 5.96. The smallest absolute Gasteiger partial charge is 0.246 e. The lowest BCUT2D eigenvalue weighted by Crippen LogP contribution is -2.62. The molecule has 1 saturated heterocycles. The first-order chi connectivity index (χ1) is 8.67. The van der Waals surface area contributed by atoms with Crippen molar-refractivity contribution in [2.45, 2.75) is 45.3 Å². The van der Waals surface area contributed by atoms with Gasteiger partial charge in [0.15, 0.2) is 5.76 Å². The second-order valence-corrected chi connectivity index (χ2v) is 4.34. The maximum Gasteiger partial charge on any atom is 0.246 e. The van der Waals surface area contributed by atoms with Crippen LogP contribution in [-0.4, -0.2) is 34.0 Å². The van der Waals surface area contributed by atoms with Crippen molar-refractivity contribution in [1.29, 1.82) is 0 Å². The normalized spacial score (nSPS) is 24.2. The Morgan fingerprint density at radius 1 is 1.39 bits per heavy atom. The summed E-state index contributed by atoms with van der Waals surface area (Å²) >= 11 is 0. The molecule has 2 heterocycles. The van der Waals surface area contributed by atoms with Crippen molar-refractivity contribution in [3.63, 3.8) is 0 Å². The number of hydrogen-bond acceptors (Lipinski definition) is 4. The first-order valence-electron chi connectivity index (χ1n) is 6.17. The van der Waals surface area contributed by atoms with Gasteiger partial charge in [-0.1, -0.05) is 19.0 Å². The van der Waals surface area contributed by atoms with E-state index in [0.717, 1.165) is 0 Å². The minimum Gasteiger partial charge on any atom is -0.360 e. The summed E-state index contributed by atoms with van der Waals surface area (Å²) in [6.45, 7) is 4.06. The number of aromatic nitrogens is 1. The van der Waals surface area contributed by atoms with Gasteiger partial charge in [-0.3, -0.25) is 9.59 Å². The summed E-state index contributed by atoms with van der Waals surface area (Å²) in [5.74, 6) is 0.440. The summed E-state index contributed by atoms with van der Waals surface area (Å²) in [6, 6.07) is 0.849. The molecule has 1 aliphatic rings. The van der Waals surface area contributed by atoms with Crippen molar-refractivity contribution in [3.8, 4) is 0 Å². The van der Waals surface area contributed by atoms with E-state index in [-0.39, 0.29) is 11.8 Å². The molecule has 0 radical (unpaired) electrons. The minimum atomic E-state index is -0.428. The van der Waals surface area contributed by atoms with Gasteiger partial charge in [0, 0.05) is 6.07 Å². The molecule has 1 fully saturated rings. The molecule has 6 heteroatoms. The average molecular weight is 251 g/mol. The van der Waals surface area contributed by atoms with Gasteiger partial charge in [-0.2, -0.15) is 0 Å². The van der Waals surface area contributed by atoms with Crippen molar-refractivity contribution in [2.75, 3.05) is 0 Å². The number of nitrogens with zero attached hydrogens (tertiary/aromatic N) is 2. The largest absolute Gasteiger partial charge is 0.360 e. The molecule has 1 aliphatic heterocycles. The fraction of sp³-hybridized carbons (Fsp3) is 0.583. The number of hydrogen-bond donors (Lipinski definition) is 1. The second-order valence-electron chi connectivity index (χ2n) is 4.34. The molecule has 2 atom stereocenters.